The highest BCUT2D eigenvalue weighted by molar-refractivity contribution is 7.98. The molecule has 0 aliphatic heterocycles. The first-order valence-electron chi connectivity index (χ1n) is 4.82. The monoisotopic (exact) mass is 224 g/mol. The second-order valence-corrected chi connectivity index (χ2v) is 4.49. The Morgan fingerprint density at radius 3 is 3.00 bits per heavy atom. The highest BCUT2D eigenvalue weighted by atomic mass is 32.2. The number of benzene rings is 1. The molecule has 0 aromatic heterocycles. The third kappa shape index (κ3) is 4.74. The fourth-order valence-electron chi connectivity index (χ4n) is 1.22. The standard InChI is InChI=1S/C11H16N2OS/c1-9-3-2-4-10(7-9)8-15-6-5-11(12)13-14/h2-4,7,14H,5-6,8H2,1H3,(H2,12,13). The predicted molar refractivity (Wildman–Crippen MR) is 65.4 cm³/mol. The number of hydrogen-bond acceptors (Lipinski definition) is 3. The van der Waals surface area contributed by atoms with Gasteiger partial charge in [-0.25, -0.2) is 0 Å². The topological polar surface area (TPSA) is 58.6 Å². The van der Waals surface area contributed by atoms with E-state index in [1.54, 1.807) is 11.8 Å². The van der Waals surface area contributed by atoms with E-state index in [0.29, 0.717) is 12.3 Å². The molecule has 0 atom stereocenters. The van der Waals surface area contributed by atoms with Gasteiger partial charge in [-0.2, -0.15) is 11.8 Å². The van der Waals surface area contributed by atoms with Gasteiger partial charge in [0, 0.05) is 17.9 Å². The van der Waals surface area contributed by atoms with Crippen LogP contribution >= 0.6 is 11.8 Å². The minimum atomic E-state index is 0.298. The number of hydrogen-bond donors (Lipinski definition) is 2. The van der Waals surface area contributed by atoms with E-state index >= 15 is 0 Å². The van der Waals surface area contributed by atoms with Gasteiger partial charge in [0.1, 0.15) is 5.84 Å². The second kappa shape index (κ2) is 6.35. The van der Waals surface area contributed by atoms with Gasteiger partial charge in [-0.15, -0.1) is 0 Å². The number of oxime groups is 1. The van der Waals surface area contributed by atoms with Crippen LogP contribution in [0.1, 0.15) is 17.5 Å². The smallest absolute Gasteiger partial charge is 0.139 e. The molecule has 1 aromatic carbocycles. The summed E-state index contributed by atoms with van der Waals surface area (Å²) >= 11 is 1.79. The van der Waals surface area contributed by atoms with Crippen LogP contribution < -0.4 is 5.73 Å². The third-order valence-electron chi connectivity index (χ3n) is 1.98. The van der Waals surface area contributed by atoms with E-state index in [1.165, 1.54) is 11.1 Å². The zero-order valence-electron chi connectivity index (χ0n) is 8.81. The molecule has 15 heavy (non-hydrogen) atoms. The number of aryl methyl sites for hydroxylation is 1. The Bertz CT molecular complexity index is 339. The van der Waals surface area contributed by atoms with E-state index in [0.717, 1.165) is 11.5 Å². The minimum absolute atomic E-state index is 0.298. The van der Waals surface area contributed by atoms with E-state index in [4.69, 9.17) is 10.9 Å². The van der Waals surface area contributed by atoms with E-state index in [2.05, 4.69) is 36.3 Å². The van der Waals surface area contributed by atoms with Gasteiger partial charge in [0.25, 0.3) is 0 Å². The Morgan fingerprint density at radius 1 is 1.53 bits per heavy atom. The molecule has 0 bridgehead atoms. The number of nitrogens with zero attached hydrogens (tertiary/aromatic N) is 1. The molecule has 1 rings (SSSR count). The van der Waals surface area contributed by atoms with Crippen molar-refractivity contribution in [3.8, 4) is 0 Å². The van der Waals surface area contributed by atoms with Crippen LogP contribution in [-0.2, 0) is 5.75 Å². The van der Waals surface area contributed by atoms with Crippen molar-refractivity contribution < 1.29 is 5.21 Å². The van der Waals surface area contributed by atoms with Gasteiger partial charge < -0.3 is 10.9 Å². The van der Waals surface area contributed by atoms with E-state index in [9.17, 15) is 0 Å². The Kier molecular flexibility index (Phi) is 5.04. The molecule has 0 spiro atoms. The lowest BCUT2D eigenvalue weighted by Gasteiger charge is -2.02. The molecule has 0 radical (unpaired) electrons. The van der Waals surface area contributed by atoms with Crippen molar-refractivity contribution in [3.63, 3.8) is 0 Å². The largest absolute Gasteiger partial charge is 0.409 e. The van der Waals surface area contributed by atoms with Crippen LogP contribution in [0.4, 0.5) is 0 Å². The van der Waals surface area contributed by atoms with Crippen LogP contribution in [0.2, 0.25) is 0 Å². The van der Waals surface area contributed by atoms with Gasteiger partial charge >= 0.3 is 0 Å². The van der Waals surface area contributed by atoms with Crippen LogP contribution in [0.5, 0.6) is 0 Å². The van der Waals surface area contributed by atoms with Gasteiger partial charge in [0.15, 0.2) is 0 Å². The normalized spacial score (nSPS) is 11.7. The number of rotatable bonds is 5. The lowest BCUT2D eigenvalue weighted by atomic mass is 10.2. The van der Waals surface area contributed by atoms with Crippen molar-refractivity contribution in [1.82, 2.24) is 0 Å². The van der Waals surface area contributed by atoms with Crippen LogP contribution in [0.25, 0.3) is 0 Å². The lowest BCUT2D eigenvalue weighted by molar-refractivity contribution is 0.317. The summed E-state index contributed by atoms with van der Waals surface area (Å²) in [5.41, 5.74) is 7.96. The summed E-state index contributed by atoms with van der Waals surface area (Å²) in [4.78, 5) is 0. The summed E-state index contributed by atoms with van der Waals surface area (Å²) in [7, 11) is 0. The molecule has 0 fully saturated rings. The van der Waals surface area contributed by atoms with Crippen molar-refractivity contribution in [2.75, 3.05) is 5.75 Å². The quantitative estimate of drug-likeness (QED) is 0.265. The molecular weight excluding hydrogens is 208 g/mol. The Hall–Kier alpha value is -1.16. The van der Waals surface area contributed by atoms with Crippen molar-refractivity contribution >= 4 is 17.6 Å². The number of thioether (sulfide) groups is 1. The van der Waals surface area contributed by atoms with Gasteiger partial charge in [0.05, 0.1) is 0 Å². The molecule has 4 heteroatoms. The van der Waals surface area contributed by atoms with Crippen LogP contribution in [0.3, 0.4) is 0 Å². The maximum Gasteiger partial charge on any atom is 0.139 e. The van der Waals surface area contributed by atoms with E-state index in [-0.39, 0.29) is 0 Å². The van der Waals surface area contributed by atoms with Gasteiger partial charge in [-0.05, 0) is 12.5 Å². The molecule has 1 aromatic rings. The van der Waals surface area contributed by atoms with Crippen LogP contribution in [-0.4, -0.2) is 16.8 Å². The molecular formula is C11H16N2OS. The summed E-state index contributed by atoms with van der Waals surface area (Å²) in [6, 6.07) is 8.44. The van der Waals surface area contributed by atoms with Gasteiger partial charge in [0.2, 0.25) is 0 Å². The van der Waals surface area contributed by atoms with Gasteiger partial charge in [-0.3, -0.25) is 0 Å². The summed E-state index contributed by atoms with van der Waals surface area (Å²) in [5, 5.41) is 11.3. The molecule has 0 aliphatic carbocycles. The first-order valence-corrected chi connectivity index (χ1v) is 5.97. The maximum atomic E-state index is 8.34. The zero-order chi connectivity index (χ0) is 11.1. The Morgan fingerprint density at radius 2 is 2.33 bits per heavy atom. The molecule has 0 saturated heterocycles. The predicted octanol–water partition coefficient (Wildman–Crippen LogP) is 2.36. The van der Waals surface area contributed by atoms with Crippen molar-refractivity contribution in [2.24, 2.45) is 10.9 Å². The number of nitrogens with two attached hydrogens (primary N) is 1. The fourth-order valence-corrected chi connectivity index (χ4v) is 2.13. The summed E-state index contributed by atoms with van der Waals surface area (Å²) in [6.07, 6.45) is 0.632. The lowest BCUT2D eigenvalue weighted by Crippen LogP contribution is -2.12. The molecule has 0 amide bonds. The molecule has 0 heterocycles. The average molecular weight is 224 g/mol. The summed E-state index contributed by atoms with van der Waals surface area (Å²) < 4.78 is 0. The molecule has 3 nitrogen and oxygen atoms in total. The summed E-state index contributed by atoms with van der Waals surface area (Å²) in [5.74, 6) is 2.15. The minimum Gasteiger partial charge on any atom is -0.409 e. The second-order valence-electron chi connectivity index (χ2n) is 3.38. The molecule has 0 saturated carbocycles. The molecule has 0 unspecified atom stereocenters. The zero-order valence-corrected chi connectivity index (χ0v) is 9.63. The van der Waals surface area contributed by atoms with E-state index in [1.807, 2.05) is 0 Å². The molecule has 3 N–H and O–H groups in total. The van der Waals surface area contributed by atoms with Crippen LogP contribution in [0.15, 0.2) is 29.4 Å². The Labute approximate surface area is 94.4 Å². The third-order valence-corrected chi connectivity index (χ3v) is 3.01. The van der Waals surface area contributed by atoms with Crippen molar-refractivity contribution in [3.05, 3.63) is 35.4 Å². The maximum absolute atomic E-state index is 8.34. The highest BCUT2D eigenvalue weighted by Crippen LogP contribution is 2.14. The van der Waals surface area contributed by atoms with E-state index < -0.39 is 0 Å². The van der Waals surface area contributed by atoms with Crippen molar-refractivity contribution in [1.29, 1.82) is 0 Å². The first kappa shape index (κ1) is 11.9. The van der Waals surface area contributed by atoms with Gasteiger partial charge in [-0.1, -0.05) is 35.0 Å². The Balaban J connectivity index is 2.26. The van der Waals surface area contributed by atoms with Crippen LogP contribution in [0, 0.1) is 6.92 Å². The number of amidine groups is 1. The molecule has 0 aliphatic rings. The first-order chi connectivity index (χ1) is 7.22. The summed E-state index contributed by atoms with van der Waals surface area (Å²) in [6.45, 7) is 2.09. The fraction of sp³-hybridized carbons (Fsp3) is 0.364. The van der Waals surface area contributed by atoms with Crippen molar-refractivity contribution in [2.45, 2.75) is 19.1 Å². The molecule has 82 valence electrons. The average Bonchev–Trinajstić information content (AvgIpc) is 2.24. The highest BCUT2D eigenvalue weighted by Gasteiger charge is 1.96. The SMILES string of the molecule is Cc1cccc(CSCCC(N)=NO)c1.